The normalized spacial score (nSPS) is 12.2. The summed E-state index contributed by atoms with van der Waals surface area (Å²) in [6, 6.07) is 12.2. The molecule has 0 spiro atoms. The van der Waals surface area contributed by atoms with Crippen LogP contribution in [0, 0.1) is 0 Å². The molecule has 0 aromatic heterocycles. The second kappa shape index (κ2) is 6.35. The zero-order valence-corrected chi connectivity index (χ0v) is 12.6. The van der Waals surface area contributed by atoms with E-state index in [9.17, 15) is 5.11 Å². The van der Waals surface area contributed by atoms with Gasteiger partial charge in [0.25, 0.3) is 0 Å². The molecule has 106 valence electrons. The van der Waals surface area contributed by atoms with Crippen LogP contribution in [0.4, 0.5) is 5.69 Å². The van der Waals surface area contributed by atoms with Crippen LogP contribution in [-0.2, 0) is 0 Å². The minimum Gasteiger partial charge on any atom is -0.508 e. The van der Waals surface area contributed by atoms with E-state index in [1.807, 2.05) is 30.1 Å². The van der Waals surface area contributed by atoms with Crippen molar-refractivity contribution in [3.63, 3.8) is 0 Å². The summed E-state index contributed by atoms with van der Waals surface area (Å²) in [4.78, 5) is 1.99. The second-order valence-electron chi connectivity index (χ2n) is 4.51. The summed E-state index contributed by atoms with van der Waals surface area (Å²) in [6.45, 7) is 0.376. The fourth-order valence-corrected chi connectivity index (χ4v) is 2.82. The van der Waals surface area contributed by atoms with E-state index in [-0.39, 0.29) is 11.8 Å². The lowest BCUT2D eigenvalue weighted by atomic mass is 10.0. The molecule has 1 unspecified atom stereocenters. The average Bonchev–Trinajstić information content (AvgIpc) is 2.43. The van der Waals surface area contributed by atoms with Crippen molar-refractivity contribution in [1.82, 2.24) is 0 Å². The van der Waals surface area contributed by atoms with Crippen LogP contribution >= 0.6 is 23.2 Å². The number of halogens is 2. The molecule has 2 aromatic carbocycles. The lowest BCUT2D eigenvalue weighted by Gasteiger charge is -2.30. The quantitative estimate of drug-likeness (QED) is 0.902. The second-order valence-corrected chi connectivity index (χ2v) is 5.33. The van der Waals surface area contributed by atoms with Crippen LogP contribution in [-0.4, -0.2) is 18.7 Å². The molecular weight excluding hydrogens is 295 g/mol. The van der Waals surface area contributed by atoms with Gasteiger partial charge in [0.15, 0.2) is 0 Å². The third kappa shape index (κ3) is 3.01. The average molecular weight is 311 g/mol. The van der Waals surface area contributed by atoms with E-state index >= 15 is 0 Å². The molecule has 0 aliphatic carbocycles. The number of hydrogen-bond donors (Lipinski definition) is 2. The summed E-state index contributed by atoms with van der Waals surface area (Å²) < 4.78 is 0. The van der Waals surface area contributed by atoms with Crippen molar-refractivity contribution in [2.24, 2.45) is 5.73 Å². The van der Waals surface area contributed by atoms with Gasteiger partial charge in [-0.3, -0.25) is 0 Å². The summed E-state index contributed by atoms with van der Waals surface area (Å²) in [5, 5.41) is 10.5. The standard InChI is InChI=1S/C15H16Cl2N2O/c1-19(10-5-7-11(20)8-6-10)14(9-18)15-12(16)3-2-4-13(15)17/h2-8,14,20H,9,18H2,1H3. The van der Waals surface area contributed by atoms with Gasteiger partial charge in [-0.1, -0.05) is 29.3 Å². The number of anilines is 1. The highest BCUT2D eigenvalue weighted by atomic mass is 35.5. The lowest BCUT2D eigenvalue weighted by molar-refractivity contribution is 0.475. The van der Waals surface area contributed by atoms with E-state index in [1.165, 1.54) is 0 Å². The number of phenols is 1. The maximum Gasteiger partial charge on any atom is 0.115 e. The number of nitrogens with zero attached hydrogens (tertiary/aromatic N) is 1. The lowest BCUT2D eigenvalue weighted by Crippen LogP contribution is -2.30. The number of hydrogen-bond acceptors (Lipinski definition) is 3. The highest BCUT2D eigenvalue weighted by Crippen LogP contribution is 2.35. The maximum absolute atomic E-state index is 9.35. The van der Waals surface area contributed by atoms with Crippen molar-refractivity contribution in [3.8, 4) is 5.75 Å². The SMILES string of the molecule is CN(c1ccc(O)cc1)C(CN)c1c(Cl)cccc1Cl. The minimum absolute atomic E-state index is 0.138. The molecule has 0 aliphatic rings. The van der Waals surface area contributed by atoms with Gasteiger partial charge in [-0.15, -0.1) is 0 Å². The van der Waals surface area contributed by atoms with Gasteiger partial charge in [-0.05, 0) is 36.4 Å². The van der Waals surface area contributed by atoms with Crippen molar-refractivity contribution in [2.45, 2.75) is 6.04 Å². The molecular formula is C15H16Cl2N2O. The number of benzene rings is 2. The molecule has 1 atom stereocenters. The first kappa shape index (κ1) is 15.0. The van der Waals surface area contributed by atoms with Crippen LogP contribution in [0.15, 0.2) is 42.5 Å². The first-order valence-corrected chi connectivity index (χ1v) is 6.96. The number of rotatable bonds is 4. The Kier molecular flexibility index (Phi) is 4.76. The molecule has 3 nitrogen and oxygen atoms in total. The van der Waals surface area contributed by atoms with Gasteiger partial charge in [-0.2, -0.15) is 0 Å². The summed E-state index contributed by atoms with van der Waals surface area (Å²) in [7, 11) is 1.92. The van der Waals surface area contributed by atoms with Crippen LogP contribution in [0.25, 0.3) is 0 Å². The van der Waals surface area contributed by atoms with Crippen LogP contribution in [0.5, 0.6) is 5.75 Å². The molecule has 0 saturated heterocycles. The van der Waals surface area contributed by atoms with Gasteiger partial charge in [0.2, 0.25) is 0 Å². The number of nitrogens with two attached hydrogens (primary N) is 1. The van der Waals surface area contributed by atoms with Gasteiger partial charge in [0, 0.05) is 34.9 Å². The van der Waals surface area contributed by atoms with E-state index < -0.39 is 0 Å². The first-order chi connectivity index (χ1) is 9.54. The molecule has 0 fully saturated rings. The Balaban J connectivity index is 2.39. The first-order valence-electron chi connectivity index (χ1n) is 6.20. The number of likely N-dealkylation sites (N-methyl/N-ethyl adjacent to an activating group) is 1. The van der Waals surface area contributed by atoms with Gasteiger partial charge < -0.3 is 15.7 Å². The van der Waals surface area contributed by atoms with Crippen molar-refractivity contribution >= 4 is 28.9 Å². The number of phenolic OH excluding ortho intramolecular Hbond substituents is 1. The third-order valence-electron chi connectivity index (χ3n) is 3.28. The van der Waals surface area contributed by atoms with E-state index in [1.54, 1.807) is 24.3 Å². The van der Waals surface area contributed by atoms with E-state index in [4.69, 9.17) is 28.9 Å². The van der Waals surface area contributed by atoms with E-state index in [0.29, 0.717) is 16.6 Å². The third-order valence-corrected chi connectivity index (χ3v) is 3.94. The van der Waals surface area contributed by atoms with Gasteiger partial charge in [-0.25, -0.2) is 0 Å². The van der Waals surface area contributed by atoms with Crippen LogP contribution < -0.4 is 10.6 Å². The zero-order chi connectivity index (χ0) is 14.7. The zero-order valence-electron chi connectivity index (χ0n) is 11.1. The Hall–Kier alpha value is -1.42. The summed E-state index contributed by atoms with van der Waals surface area (Å²) in [5.41, 5.74) is 7.64. The van der Waals surface area contributed by atoms with E-state index in [2.05, 4.69) is 0 Å². The predicted molar refractivity (Wildman–Crippen MR) is 84.8 cm³/mol. The Morgan fingerprint density at radius 2 is 1.65 bits per heavy atom. The molecule has 3 N–H and O–H groups in total. The van der Waals surface area contributed by atoms with Crippen molar-refractivity contribution in [3.05, 3.63) is 58.1 Å². The summed E-state index contributed by atoms with van der Waals surface area (Å²) in [5.74, 6) is 0.224. The topological polar surface area (TPSA) is 49.5 Å². The maximum atomic E-state index is 9.35. The Morgan fingerprint density at radius 3 is 2.15 bits per heavy atom. The van der Waals surface area contributed by atoms with Crippen molar-refractivity contribution in [2.75, 3.05) is 18.5 Å². The van der Waals surface area contributed by atoms with Crippen LogP contribution in [0.2, 0.25) is 10.0 Å². The molecule has 2 rings (SSSR count). The summed E-state index contributed by atoms with van der Waals surface area (Å²) in [6.07, 6.45) is 0. The molecule has 0 bridgehead atoms. The highest BCUT2D eigenvalue weighted by Gasteiger charge is 2.21. The molecule has 0 amide bonds. The summed E-state index contributed by atoms with van der Waals surface area (Å²) >= 11 is 12.5. The molecule has 0 heterocycles. The van der Waals surface area contributed by atoms with Crippen molar-refractivity contribution in [1.29, 1.82) is 0 Å². The minimum atomic E-state index is -0.138. The van der Waals surface area contributed by atoms with Crippen LogP contribution in [0.1, 0.15) is 11.6 Å². The van der Waals surface area contributed by atoms with Crippen LogP contribution in [0.3, 0.4) is 0 Å². The molecule has 5 heteroatoms. The monoisotopic (exact) mass is 310 g/mol. The fourth-order valence-electron chi connectivity index (χ4n) is 2.17. The Morgan fingerprint density at radius 1 is 1.10 bits per heavy atom. The predicted octanol–water partition coefficient (Wildman–Crippen LogP) is 3.84. The van der Waals surface area contributed by atoms with Gasteiger partial charge in [0.05, 0.1) is 6.04 Å². The Labute approximate surface area is 128 Å². The molecule has 0 saturated carbocycles. The molecule has 0 aliphatic heterocycles. The van der Waals surface area contributed by atoms with Gasteiger partial charge in [0.1, 0.15) is 5.75 Å². The highest BCUT2D eigenvalue weighted by molar-refractivity contribution is 6.36. The van der Waals surface area contributed by atoms with Gasteiger partial charge >= 0.3 is 0 Å². The molecule has 0 radical (unpaired) electrons. The number of aromatic hydroxyl groups is 1. The molecule has 20 heavy (non-hydrogen) atoms. The largest absolute Gasteiger partial charge is 0.508 e. The molecule has 2 aromatic rings. The van der Waals surface area contributed by atoms with Crippen molar-refractivity contribution < 1.29 is 5.11 Å². The van der Waals surface area contributed by atoms with E-state index in [0.717, 1.165) is 11.3 Å². The fraction of sp³-hybridized carbons (Fsp3) is 0.200. The smallest absolute Gasteiger partial charge is 0.115 e. The Bertz CT molecular complexity index is 567.